The number of thiophene rings is 1. The summed E-state index contributed by atoms with van der Waals surface area (Å²) in [5.41, 5.74) is 2.55. The zero-order chi connectivity index (χ0) is 15.2. The van der Waals surface area contributed by atoms with E-state index in [1.807, 2.05) is 13.0 Å². The average Bonchev–Trinajstić information content (AvgIpc) is 2.96. The Morgan fingerprint density at radius 1 is 1.29 bits per heavy atom. The van der Waals surface area contributed by atoms with Crippen LogP contribution in [0.2, 0.25) is 0 Å². The Bertz CT molecular complexity index is 593. The van der Waals surface area contributed by atoms with Crippen LogP contribution in [-0.2, 0) is 11.2 Å². The minimum atomic E-state index is -0.0737. The summed E-state index contributed by atoms with van der Waals surface area (Å²) < 4.78 is 0. The molecule has 21 heavy (non-hydrogen) atoms. The highest BCUT2D eigenvalue weighted by molar-refractivity contribution is 8.00. The number of thioether (sulfide) groups is 1. The quantitative estimate of drug-likeness (QED) is 0.808. The van der Waals surface area contributed by atoms with E-state index >= 15 is 0 Å². The van der Waals surface area contributed by atoms with Gasteiger partial charge in [-0.25, -0.2) is 0 Å². The molecule has 0 aliphatic carbocycles. The molecule has 1 amide bonds. The number of hydrogen-bond donors (Lipinski definition) is 1. The molecule has 0 radical (unpaired) electrons. The van der Waals surface area contributed by atoms with Crippen LogP contribution in [0, 0.1) is 13.8 Å². The topological polar surface area (TPSA) is 29.1 Å². The number of hydrogen-bond acceptors (Lipinski definition) is 3. The van der Waals surface area contributed by atoms with Crippen molar-refractivity contribution in [1.29, 1.82) is 0 Å². The number of carbonyl (C=O) groups is 1. The highest BCUT2D eigenvalue weighted by Gasteiger charge is 2.14. The first-order valence-corrected chi connectivity index (χ1v) is 8.86. The van der Waals surface area contributed by atoms with Crippen LogP contribution in [0.15, 0.2) is 40.6 Å². The molecule has 1 N–H and O–H groups in total. The molecule has 0 bridgehead atoms. The third-order valence-corrected chi connectivity index (χ3v) is 5.44. The predicted octanol–water partition coefficient (Wildman–Crippen LogP) is 4.20. The van der Waals surface area contributed by atoms with Gasteiger partial charge in [-0.3, -0.25) is 4.79 Å². The summed E-state index contributed by atoms with van der Waals surface area (Å²) in [5.74, 6) is 0.106. The highest BCUT2D eigenvalue weighted by atomic mass is 32.2. The lowest BCUT2D eigenvalue weighted by molar-refractivity contribution is -0.120. The summed E-state index contributed by atoms with van der Waals surface area (Å²) >= 11 is 3.35. The minimum absolute atomic E-state index is 0.0737. The molecule has 0 aliphatic heterocycles. The largest absolute Gasteiger partial charge is 0.355 e. The van der Waals surface area contributed by atoms with Crippen molar-refractivity contribution in [2.75, 3.05) is 6.54 Å². The lowest BCUT2D eigenvalue weighted by Crippen LogP contribution is -2.32. The fourth-order valence-corrected chi connectivity index (χ4v) is 3.65. The van der Waals surface area contributed by atoms with Crippen molar-refractivity contribution < 1.29 is 4.79 Å². The molecule has 0 aliphatic rings. The maximum Gasteiger partial charge on any atom is 0.233 e. The first-order chi connectivity index (χ1) is 10.1. The molecule has 112 valence electrons. The van der Waals surface area contributed by atoms with Crippen LogP contribution in [-0.4, -0.2) is 17.7 Å². The molecule has 0 unspecified atom stereocenters. The van der Waals surface area contributed by atoms with E-state index in [4.69, 9.17) is 0 Å². The van der Waals surface area contributed by atoms with Crippen molar-refractivity contribution in [3.63, 3.8) is 0 Å². The second kappa shape index (κ2) is 7.66. The van der Waals surface area contributed by atoms with Gasteiger partial charge in [0.15, 0.2) is 0 Å². The van der Waals surface area contributed by atoms with Gasteiger partial charge in [-0.2, -0.15) is 0 Å². The number of carbonyl (C=O) groups excluding carboxylic acids is 1. The maximum absolute atomic E-state index is 12.1. The molecule has 2 nitrogen and oxygen atoms in total. The van der Waals surface area contributed by atoms with Crippen LogP contribution in [0.5, 0.6) is 0 Å². The van der Waals surface area contributed by atoms with Gasteiger partial charge in [0.05, 0.1) is 5.25 Å². The van der Waals surface area contributed by atoms with Crippen molar-refractivity contribution in [2.24, 2.45) is 0 Å². The number of nitrogens with one attached hydrogen (secondary N) is 1. The zero-order valence-corrected chi connectivity index (χ0v) is 14.3. The molecule has 0 spiro atoms. The van der Waals surface area contributed by atoms with Gasteiger partial charge in [-0.05, 0) is 61.9 Å². The van der Waals surface area contributed by atoms with E-state index in [0.29, 0.717) is 6.54 Å². The van der Waals surface area contributed by atoms with Crippen LogP contribution in [0.4, 0.5) is 0 Å². The third kappa shape index (κ3) is 4.90. The molecule has 0 fully saturated rings. The monoisotopic (exact) mass is 319 g/mol. The van der Waals surface area contributed by atoms with Crippen molar-refractivity contribution >= 4 is 29.0 Å². The van der Waals surface area contributed by atoms with Gasteiger partial charge in [0.1, 0.15) is 0 Å². The van der Waals surface area contributed by atoms with Crippen LogP contribution in [0.25, 0.3) is 0 Å². The lowest BCUT2D eigenvalue weighted by Gasteiger charge is -2.12. The van der Waals surface area contributed by atoms with E-state index in [1.54, 1.807) is 23.1 Å². The number of aryl methyl sites for hydroxylation is 2. The van der Waals surface area contributed by atoms with Gasteiger partial charge in [0.2, 0.25) is 5.91 Å². The van der Waals surface area contributed by atoms with Crippen LogP contribution < -0.4 is 5.32 Å². The van der Waals surface area contributed by atoms with Gasteiger partial charge < -0.3 is 5.32 Å². The van der Waals surface area contributed by atoms with Gasteiger partial charge in [0, 0.05) is 16.3 Å². The molecular weight excluding hydrogens is 298 g/mol. The molecule has 0 saturated heterocycles. The second-order valence-corrected chi connectivity index (χ2v) is 7.57. The van der Waals surface area contributed by atoms with Gasteiger partial charge >= 0.3 is 0 Å². The Kier molecular flexibility index (Phi) is 5.88. The van der Waals surface area contributed by atoms with Crippen molar-refractivity contribution in [1.82, 2.24) is 5.32 Å². The van der Waals surface area contributed by atoms with Crippen LogP contribution >= 0.6 is 23.1 Å². The molecule has 1 aromatic heterocycles. The predicted molar refractivity (Wildman–Crippen MR) is 92.3 cm³/mol. The van der Waals surface area contributed by atoms with E-state index in [-0.39, 0.29) is 11.2 Å². The summed E-state index contributed by atoms with van der Waals surface area (Å²) in [4.78, 5) is 14.6. The van der Waals surface area contributed by atoms with E-state index in [9.17, 15) is 4.79 Å². The Hall–Kier alpha value is -1.26. The molecular formula is C17H21NOS2. The summed E-state index contributed by atoms with van der Waals surface area (Å²) in [5, 5.41) is 5.01. The van der Waals surface area contributed by atoms with E-state index in [0.717, 1.165) is 11.3 Å². The SMILES string of the molecule is Cc1ccc(S[C@H](C)C(=O)NCCc2cccs2)cc1C. The molecule has 2 rings (SSSR count). The molecule has 1 aromatic carbocycles. The van der Waals surface area contributed by atoms with Gasteiger partial charge in [-0.1, -0.05) is 12.1 Å². The number of amides is 1. The summed E-state index contributed by atoms with van der Waals surface area (Å²) in [6.07, 6.45) is 0.907. The van der Waals surface area contributed by atoms with Crippen molar-refractivity contribution in [2.45, 2.75) is 37.3 Å². The number of rotatable bonds is 6. The molecule has 4 heteroatoms. The first-order valence-electron chi connectivity index (χ1n) is 7.10. The summed E-state index contributed by atoms with van der Waals surface area (Å²) in [7, 11) is 0. The Labute approximate surface area is 135 Å². The van der Waals surface area contributed by atoms with Crippen molar-refractivity contribution in [3.8, 4) is 0 Å². The summed E-state index contributed by atoms with van der Waals surface area (Å²) in [6.45, 7) is 6.87. The first kappa shape index (κ1) is 16.1. The fourth-order valence-electron chi connectivity index (χ4n) is 1.95. The smallest absolute Gasteiger partial charge is 0.233 e. The Morgan fingerprint density at radius 3 is 2.76 bits per heavy atom. The van der Waals surface area contributed by atoms with Gasteiger partial charge in [-0.15, -0.1) is 23.1 Å². The standard InChI is InChI=1S/C17H21NOS2/c1-12-6-7-16(11-13(12)2)21-14(3)17(19)18-9-8-15-5-4-10-20-15/h4-7,10-11,14H,8-9H2,1-3H3,(H,18,19)/t14-/m1/s1. The minimum Gasteiger partial charge on any atom is -0.355 e. The molecule has 0 saturated carbocycles. The number of benzene rings is 1. The summed E-state index contributed by atoms with van der Waals surface area (Å²) in [6, 6.07) is 10.5. The average molecular weight is 319 g/mol. The molecule has 1 atom stereocenters. The van der Waals surface area contributed by atoms with Gasteiger partial charge in [0.25, 0.3) is 0 Å². The third-order valence-electron chi connectivity index (χ3n) is 3.41. The second-order valence-electron chi connectivity index (χ2n) is 5.13. The van der Waals surface area contributed by atoms with E-state index in [1.165, 1.54) is 16.0 Å². The molecule has 1 heterocycles. The Balaban J connectivity index is 1.80. The highest BCUT2D eigenvalue weighted by Crippen LogP contribution is 2.25. The van der Waals surface area contributed by atoms with Crippen LogP contribution in [0.1, 0.15) is 22.9 Å². The lowest BCUT2D eigenvalue weighted by atomic mass is 10.1. The maximum atomic E-state index is 12.1. The Morgan fingerprint density at radius 2 is 2.10 bits per heavy atom. The van der Waals surface area contributed by atoms with E-state index < -0.39 is 0 Å². The zero-order valence-electron chi connectivity index (χ0n) is 12.7. The van der Waals surface area contributed by atoms with E-state index in [2.05, 4.69) is 48.8 Å². The molecule has 2 aromatic rings. The van der Waals surface area contributed by atoms with Crippen molar-refractivity contribution in [3.05, 3.63) is 51.7 Å². The normalized spacial score (nSPS) is 12.1. The van der Waals surface area contributed by atoms with Crippen LogP contribution in [0.3, 0.4) is 0 Å². The fraction of sp³-hybridized carbons (Fsp3) is 0.353.